The van der Waals surface area contributed by atoms with Crippen molar-refractivity contribution < 1.29 is 14.6 Å². The monoisotopic (exact) mass is 399 g/mol. The summed E-state index contributed by atoms with van der Waals surface area (Å²) in [6, 6.07) is 3.48. The third kappa shape index (κ3) is 7.68. The van der Waals surface area contributed by atoms with Crippen LogP contribution < -0.4 is 5.32 Å². The Labute approximate surface area is 143 Å². The van der Waals surface area contributed by atoms with Gasteiger partial charge in [0.15, 0.2) is 0 Å². The molecule has 0 spiro atoms. The number of aliphatic hydroxyl groups excluding tert-OH is 1. The number of halogens is 3. The first kappa shape index (κ1) is 19.0. The summed E-state index contributed by atoms with van der Waals surface area (Å²) >= 11 is 15.5. The van der Waals surface area contributed by atoms with Crippen molar-refractivity contribution in [2.75, 3.05) is 31.7 Å². The maximum Gasteiger partial charge on any atom is 0.0945 e. The summed E-state index contributed by atoms with van der Waals surface area (Å²) in [5.74, 6) is 0. The van der Waals surface area contributed by atoms with Crippen LogP contribution in [0.2, 0.25) is 10.0 Å². The predicted molar refractivity (Wildman–Crippen MR) is 90.6 cm³/mol. The van der Waals surface area contributed by atoms with E-state index in [1.54, 1.807) is 12.1 Å². The fourth-order valence-electron chi connectivity index (χ4n) is 1.55. The highest BCUT2D eigenvalue weighted by atomic mass is 79.9. The van der Waals surface area contributed by atoms with Gasteiger partial charge in [0.05, 0.1) is 47.8 Å². The van der Waals surface area contributed by atoms with Gasteiger partial charge in [-0.25, -0.2) is 0 Å². The highest BCUT2D eigenvalue weighted by Crippen LogP contribution is 2.33. The van der Waals surface area contributed by atoms with Crippen LogP contribution in [-0.2, 0) is 9.47 Å². The maximum absolute atomic E-state index is 9.83. The van der Waals surface area contributed by atoms with Crippen molar-refractivity contribution >= 4 is 44.8 Å². The number of hydrogen-bond donors (Lipinski definition) is 2. The second-order valence-electron chi connectivity index (χ2n) is 4.77. The lowest BCUT2D eigenvalue weighted by atomic mass is 10.3. The van der Waals surface area contributed by atoms with Gasteiger partial charge in [-0.05, 0) is 26.0 Å². The number of aliphatic hydroxyl groups is 1. The zero-order valence-corrected chi connectivity index (χ0v) is 15.1. The van der Waals surface area contributed by atoms with Gasteiger partial charge in [-0.3, -0.25) is 0 Å². The molecule has 1 atom stereocenters. The molecule has 0 heterocycles. The van der Waals surface area contributed by atoms with Crippen LogP contribution in [0.3, 0.4) is 0 Å². The van der Waals surface area contributed by atoms with E-state index in [0.29, 0.717) is 35.5 Å². The van der Waals surface area contributed by atoms with Gasteiger partial charge < -0.3 is 19.9 Å². The van der Waals surface area contributed by atoms with Crippen molar-refractivity contribution in [1.29, 1.82) is 0 Å². The third-order valence-electron chi connectivity index (χ3n) is 2.51. The third-order valence-corrected chi connectivity index (χ3v) is 3.56. The molecule has 4 nitrogen and oxygen atoms in total. The van der Waals surface area contributed by atoms with Crippen molar-refractivity contribution in [3.05, 3.63) is 26.7 Å². The second-order valence-corrected chi connectivity index (χ2v) is 6.50. The lowest BCUT2D eigenvalue weighted by molar-refractivity contribution is -0.00734. The first-order chi connectivity index (χ1) is 9.90. The van der Waals surface area contributed by atoms with Gasteiger partial charge in [0.25, 0.3) is 0 Å². The van der Waals surface area contributed by atoms with E-state index in [4.69, 9.17) is 32.7 Å². The van der Waals surface area contributed by atoms with Gasteiger partial charge >= 0.3 is 0 Å². The highest BCUT2D eigenvalue weighted by molar-refractivity contribution is 9.10. The van der Waals surface area contributed by atoms with Crippen LogP contribution in [0, 0.1) is 0 Å². The predicted octanol–water partition coefficient (Wildman–Crippen LogP) is 3.97. The molecule has 21 heavy (non-hydrogen) atoms. The van der Waals surface area contributed by atoms with Crippen LogP contribution in [0.5, 0.6) is 0 Å². The molecule has 0 aromatic heterocycles. The maximum atomic E-state index is 9.83. The fraction of sp³-hybridized carbons (Fsp3) is 0.571. The van der Waals surface area contributed by atoms with Crippen molar-refractivity contribution in [2.24, 2.45) is 0 Å². The molecule has 1 aromatic rings. The second kappa shape index (κ2) is 9.87. The molecule has 0 amide bonds. The molecule has 1 unspecified atom stereocenters. The number of rotatable bonds is 9. The molecule has 0 saturated carbocycles. The van der Waals surface area contributed by atoms with Crippen molar-refractivity contribution in [3.8, 4) is 0 Å². The average molecular weight is 401 g/mol. The van der Waals surface area contributed by atoms with Crippen LogP contribution in [-0.4, -0.2) is 43.7 Å². The topological polar surface area (TPSA) is 50.7 Å². The molecule has 0 aliphatic heterocycles. The highest BCUT2D eigenvalue weighted by Gasteiger charge is 2.10. The van der Waals surface area contributed by atoms with Crippen molar-refractivity contribution in [2.45, 2.75) is 26.1 Å². The molecule has 1 aromatic carbocycles. The Kier molecular flexibility index (Phi) is 8.94. The smallest absolute Gasteiger partial charge is 0.0945 e. The van der Waals surface area contributed by atoms with E-state index in [-0.39, 0.29) is 12.7 Å². The van der Waals surface area contributed by atoms with E-state index in [2.05, 4.69) is 21.2 Å². The summed E-state index contributed by atoms with van der Waals surface area (Å²) < 4.78 is 11.5. The van der Waals surface area contributed by atoms with Gasteiger partial charge in [-0.15, -0.1) is 0 Å². The molecule has 0 radical (unpaired) electrons. The van der Waals surface area contributed by atoms with E-state index in [1.165, 1.54) is 0 Å². The van der Waals surface area contributed by atoms with Gasteiger partial charge in [0.1, 0.15) is 0 Å². The lowest BCUT2D eigenvalue weighted by Gasteiger charge is -2.15. The normalized spacial score (nSPS) is 12.7. The molecule has 0 saturated heterocycles. The van der Waals surface area contributed by atoms with E-state index >= 15 is 0 Å². The summed E-state index contributed by atoms with van der Waals surface area (Å²) in [4.78, 5) is 0. The molecule has 7 heteroatoms. The molecule has 0 aliphatic rings. The quantitative estimate of drug-likeness (QED) is 0.615. The SMILES string of the molecule is CC(C)OCCOCC(O)CNc1c(Cl)cc(Br)cc1Cl. The fourth-order valence-corrected chi connectivity index (χ4v) is 2.89. The summed E-state index contributed by atoms with van der Waals surface area (Å²) in [7, 11) is 0. The van der Waals surface area contributed by atoms with Gasteiger partial charge in [-0.2, -0.15) is 0 Å². The van der Waals surface area contributed by atoms with E-state index in [9.17, 15) is 5.11 Å². The van der Waals surface area contributed by atoms with Gasteiger partial charge in [0, 0.05) is 11.0 Å². The van der Waals surface area contributed by atoms with E-state index in [1.807, 2.05) is 13.8 Å². The molecule has 120 valence electrons. The Hall–Kier alpha value is -0.0400. The molecule has 1 rings (SSSR count). The minimum Gasteiger partial charge on any atom is -0.389 e. The number of anilines is 1. The van der Waals surface area contributed by atoms with Crippen molar-refractivity contribution in [1.82, 2.24) is 0 Å². The number of benzene rings is 1. The summed E-state index contributed by atoms with van der Waals surface area (Å²) in [5, 5.41) is 13.8. The Balaban J connectivity index is 2.29. The van der Waals surface area contributed by atoms with Gasteiger partial charge in [0.2, 0.25) is 0 Å². The Morgan fingerprint density at radius 1 is 1.24 bits per heavy atom. The Morgan fingerprint density at radius 3 is 2.43 bits per heavy atom. The standard InChI is InChI=1S/C14H20BrCl2NO3/c1-9(2)21-4-3-20-8-11(19)7-18-14-12(16)5-10(15)6-13(14)17/h5-6,9,11,18-19H,3-4,7-8H2,1-2H3. The summed E-state index contributed by atoms with van der Waals surface area (Å²) in [6.07, 6.45) is -0.471. The average Bonchev–Trinajstić information content (AvgIpc) is 2.36. The molecule has 2 N–H and O–H groups in total. The van der Waals surface area contributed by atoms with Crippen LogP contribution in [0.15, 0.2) is 16.6 Å². The molecule has 0 fully saturated rings. The molecular formula is C14H20BrCl2NO3. The van der Waals surface area contributed by atoms with Crippen molar-refractivity contribution in [3.63, 3.8) is 0 Å². The number of hydrogen-bond acceptors (Lipinski definition) is 4. The number of nitrogens with one attached hydrogen (secondary N) is 1. The number of ether oxygens (including phenoxy) is 2. The van der Waals surface area contributed by atoms with Crippen LogP contribution in [0.1, 0.15) is 13.8 Å². The van der Waals surface area contributed by atoms with Crippen LogP contribution in [0.25, 0.3) is 0 Å². The van der Waals surface area contributed by atoms with Gasteiger partial charge in [-0.1, -0.05) is 39.1 Å². The summed E-state index contributed by atoms with van der Waals surface area (Å²) in [6.45, 7) is 5.42. The van der Waals surface area contributed by atoms with Crippen LogP contribution >= 0.6 is 39.1 Å². The first-order valence-electron chi connectivity index (χ1n) is 6.66. The zero-order chi connectivity index (χ0) is 15.8. The first-order valence-corrected chi connectivity index (χ1v) is 8.21. The molecular weight excluding hydrogens is 381 g/mol. The zero-order valence-electron chi connectivity index (χ0n) is 12.0. The minimum absolute atomic E-state index is 0.182. The van der Waals surface area contributed by atoms with Crippen LogP contribution in [0.4, 0.5) is 5.69 Å². The van der Waals surface area contributed by atoms with E-state index in [0.717, 1.165) is 4.47 Å². The molecule has 0 aliphatic carbocycles. The largest absolute Gasteiger partial charge is 0.389 e. The Bertz CT molecular complexity index is 423. The lowest BCUT2D eigenvalue weighted by Crippen LogP contribution is -2.26. The molecule has 0 bridgehead atoms. The minimum atomic E-state index is -0.653. The van der Waals surface area contributed by atoms with E-state index < -0.39 is 6.10 Å². The summed E-state index contributed by atoms with van der Waals surface area (Å²) in [5.41, 5.74) is 0.601. The Morgan fingerprint density at radius 2 is 1.86 bits per heavy atom.